The molecule has 0 spiro atoms. The fourth-order valence-corrected chi connectivity index (χ4v) is 5.44. The SMILES string of the molecule is Cc1ccc(S(=O)(=O)N2[C@H](/C=C/[Si](C)(C)C)[C@H]2c2ccccc2)cc1. The molecule has 1 aliphatic rings. The van der Waals surface area contributed by atoms with Crippen LogP contribution in [0.5, 0.6) is 0 Å². The zero-order chi connectivity index (χ0) is 18.2. The third-order valence-corrected chi connectivity index (χ3v) is 7.42. The monoisotopic (exact) mass is 371 g/mol. The lowest BCUT2D eigenvalue weighted by Gasteiger charge is -2.08. The molecular formula is C20H25NO2SSi. The van der Waals surface area contributed by atoms with E-state index in [2.05, 4.69) is 31.4 Å². The van der Waals surface area contributed by atoms with Crippen LogP contribution in [0, 0.1) is 6.92 Å². The van der Waals surface area contributed by atoms with Gasteiger partial charge in [-0.1, -0.05) is 79.4 Å². The van der Waals surface area contributed by atoms with Crippen molar-refractivity contribution in [2.24, 2.45) is 0 Å². The molecule has 3 rings (SSSR count). The Balaban J connectivity index is 1.96. The summed E-state index contributed by atoms with van der Waals surface area (Å²) in [6.45, 7) is 8.72. The molecule has 0 aromatic heterocycles. The Kier molecular flexibility index (Phi) is 4.75. The van der Waals surface area contributed by atoms with Gasteiger partial charge in [0.05, 0.1) is 25.1 Å². The molecule has 5 heteroatoms. The minimum absolute atomic E-state index is 0.0968. The van der Waals surface area contributed by atoms with E-state index in [4.69, 9.17) is 0 Å². The summed E-state index contributed by atoms with van der Waals surface area (Å²) in [4.78, 5) is 0.364. The van der Waals surface area contributed by atoms with Crippen LogP contribution in [0.1, 0.15) is 17.2 Å². The molecule has 0 amide bonds. The van der Waals surface area contributed by atoms with Gasteiger partial charge >= 0.3 is 0 Å². The van der Waals surface area contributed by atoms with Crippen LogP contribution >= 0.6 is 0 Å². The summed E-state index contributed by atoms with van der Waals surface area (Å²) >= 11 is 0. The van der Waals surface area contributed by atoms with Crippen LogP contribution in [-0.4, -0.2) is 26.8 Å². The van der Waals surface area contributed by atoms with E-state index >= 15 is 0 Å². The van der Waals surface area contributed by atoms with E-state index in [9.17, 15) is 8.42 Å². The number of sulfonamides is 1. The van der Waals surface area contributed by atoms with Gasteiger partial charge in [0.25, 0.3) is 0 Å². The molecule has 0 N–H and O–H groups in total. The van der Waals surface area contributed by atoms with Crippen molar-refractivity contribution >= 4 is 18.1 Å². The Bertz CT molecular complexity index is 868. The van der Waals surface area contributed by atoms with Gasteiger partial charge in [-0.3, -0.25) is 0 Å². The molecule has 1 fully saturated rings. The molecule has 1 unspecified atom stereocenters. The smallest absolute Gasteiger partial charge is 0.207 e. The first-order valence-electron chi connectivity index (χ1n) is 8.55. The van der Waals surface area contributed by atoms with Crippen LogP contribution in [0.3, 0.4) is 0 Å². The van der Waals surface area contributed by atoms with Crippen LogP contribution in [0.2, 0.25) is 19.6 Å². The zero-order valence-corrected chi connectivity index (χ0v) is 17.0. The fraction of sp³-hybridized carbons (Fsp3) is 0.300. The van der Waals surface area contributed by atoms with Crippen molar-refractivity contribution in [3.63, 3.8) is 0 Å². The molecule has 0 aliphatic carbocycles. The fourth-order valence-electron chi connectivity index (χ4n) is 2.94. The van der Waals surface area contributed by atoms with Crippen LogP contribution in [0.25, 0.3) is 0 Å². The van der Waals surface area contributed by atoms with E-state index in [1.807, 2.05) is 49.4 Å². The van der Waals surface area contributed by atoms with Crippen molar-refractivity contribution in [1.82, 2.24) is 4.31 Å². The number of hydrogen-bond donors (Lipinski definition) is 0. The third kappa shape index (κ3) is 3.94. The van der Waals surface area contributed by atoms with E-state index in [0.29, 0.717) is 4.90 Å². The van der Waals surface area contributed by atoms with E-state index < -0.39 is 18.1 Å². The van der Waals surface area contributed by atoms with Crippen molar-refractivity contribution in [3.05, 3.63) is 77.5 Å². The van der Waals surface area contributed by atoms with Crippen molar-refractivity contribution in [2.45, 2.75) is 43.5 Å². The summed E-state index contributed by atoms with van der Waals surface area (Å²) in [6, 6.07) is 16.8. The van der Waals surface area contributed by atoms with Crippen LogP contribution < -0.4 is 0 Å². The second kappa shape index (κ2) is 6.55. The molecule has 1 saturated heterocycles. The average molecular weight is 372 g/mol. The van der Waals surface area contributed by atoms with Gasteiger partial charge in [-0.05, 0) is 24.6 Å². The third-order valence-electron chi connectivity index (χ3n) is 4.33. The Morgan fingerprint density at radius 3 is 2.12 bits per heavy atom. The molecule has 0 radical (unpaired) electrons. The average Bonchev–Trinajstić information content (AvgIpc) is 3.29. The highest BCUT2D eigenvalue weighted by Gasteiger charge is 2.54. The lowest BCUT2D eigenvalue weighted by Crippen LogP contribution is -2.17. The van der Waals surface area contributed by atoms with Crippen molar-refractivity contribution < 1.29 is 8.42 Å². The minimum Gasteiger partial charge on any atom is -0.207 e. The predicted molar refractivity (Wildman–Crippen MR) is 106 cm³/mol. The molecule has 2 aromatic rings. The van der Waals surface area contributed by atoms with Crippen LogP contribution in [0.4, 0.5) is 0 Å². The standard InChI is InChI=1S/C20H25NO2SSi/c1-16-10-12-18(13-11-16)24(22,23)21-19(14-15-25(2,3)4)20(21)17-8-6-5-7-9-17/h5-15,19-20H,1-4H3/b15-14+/t19-,20-,21?/m1/s1. The highest BCUT2D eigenvalue weighted by atomic mass is 32.2. The number of benzene rings is 2. The molecule has 132 valence electrons. The van der Waals surface area contributed by atoms with Gasteiger partial charge in [0.1, 0.15) is 0 Å². The second-order valence-electron chi connectivity index (χ2n) is 7.72. The summed E-state index contributed by atoms with van der Waals surface area (Å²) in [5.41, 5.74) is 4.33. The Morgan fingerprint density at radius 1 is 0.960 bits per heavy atom. The molecule has 25 heavy (non-hydrogen) atoms. The Morgan fingerprint density at radius 2 is 1.56 bits per heavy atom. The number of aryl methyl sites for hydroxylation is 1. The van der Waals surface area contributed by atoms with E-state index in [0.717, 1.165) is 11.1 Å². The molecule has 3 nitrogen and oxygen atoms in total. The van der Waals surface area contributed by atoms with Gasteiger partial charge in [0.15, 0.2) is 0 Å². The second-order valence-corrected chi connectivity index (χ2v) is 14.6. The Labute approximate surface area is 152 Å². The van der Waals surface area contributed by atoms with Gasteiger partial charge < -0.3 is 0 Å². The normalized spacial score (nSPS) is 23.8. The molecule has 2 aromatic carbocycles. The summed E-state index contributed by atoms with van der Waals surface area (Å²) in [7, 11) is -4.89. The first-order chi connectivity index (χ1) is 11.7. The highest BCUT2D eigenvalue weighted by Crippen LogP contribution is 2.48. The van der Waals surface area contributed by atoms with Gasteiger partial charge in [-0.2, -0.15) is 4.31 Å². The Hall–Kier alpha value is -1.69. The maximum absolute atomic E-state index is 13.1. The highest BCUT2D eigenvalue weighted by molar-refractivity contribution is 7.89. The quantitative estimate of drug-likeness (QED) is 0.571. The topological polar surface area (TPSA) is 37.1 Å². The molecule has 1 heterocycles. The van der Waals surface area contributed by atoms with E-state index in [-0.39, 0.29) is 12.1 Å². The van der Waals surface area contributed by atoms with Crippen molar-refractivity contribution in [2.75, 3.05) is 0 Å². The first kappa shape index (κ1) is 18.1. The zero-order valence-electron chi connectivity index (χ0n) is 15.2. The first-order valence-corrected chi connectivity index (χ1v) is 13.6. The van der Waals surface area contributed by atoms with Gasteiger partial charge in [0.2, 0.25) is 10.0 Å². The van der Waals surface area contributed by atoms with E-state index in [1.54, 1.807) is 16.4 Å². The largest absolute Gasteiger partial charge is 0.244 e. The van der Waals surface area contributed by atoms with Gasteiger partial charge in [0, 0.05) is 0 Å². The van der Waals surface area contributed by atoms with Crippen molar-refractivity contribution in [1.29, 1.82) is 0 Å². The summed E-state index contributed by atoms with van der Waals surface area (Å²) in [5.74, 6) is 0. The molecule has 1 aliphatic heterocycles. The van der Waals surface area contributed by atoms with Crippen molar-refractivity contribution in [3.8, 4) is 0 Å². The van der Waals surface area contributed by atoms with E-state index in [1.165, 1.54) is 0 Å². The van der Waals surface area contributed by atoms with Gasteiger partial charge in [-0.15, -0.1) is 0 Å². The summed E-state index contributed by atoms with van der Waals surface area (Å²) in [5, 5.41) is 0. The maximum atomic E-state index is 13.1. The molecule has 0 saturated carbocycles. The molecular weight excluding hydrogens is 346 g/mol. The summed E-state index contributed by atoms with van der Waals surface area (Å²) in [6.07, 6.45) is 2.09. The predicted octanol–water partition coefficient (Wildman–Crippen LogP) is 4.54. The lowest BCUT2D eigenvalue weighted by atomic mass is 10.1. The van der Waals surface area contributed by atoms with Crippen LogP contribution in [-0.2, 0) is 10.0 Å². The number of hydrogen-bond acceptors (Lipinski definition) is 2. The number of rotatable bonds is 5. The maximum Gasteiger partial charge on any atom is 0.244 e. The lowest BCUT2D eigenvalue weighted by molar-refractivity contribution is 0.550. The molecule has 3 atom stereocenters. The summed E-state index contributed by atoms with van der Waals surface area (Å²) < 4.78 is 27.9. The van der Waals surface area contributed by atoms with Crippen LogP contribution in [0.15, 0.2) is 71.3 Å². The van der Waals surface area contributed by atoms with Gasteiger partial charge in [-0.25, -0.2) is 8.42 Å². The minimum atomic E-state index is -3.50. The number of nitrogens with zero attached hydrogens (tertiary/aromatic N) is 1. The molecule has 0 bridgehead atoms.